The number of rotatable bonds is 7. The zero-order valence-corrected chi connectivity index (χ0v) is 23.3. The number of imidazole rings is 1. The van der Waals surface area contributed by atoms with Crippen molar-refractivity contribution < 1.29 is 23.1 Å². The molecule has 0 radical (unpaired) electrons. The fourth-order valence-corrected chi connectivity index (χ4v) is 5.30. The summed E-state index contributed by atoms with van der Waals surface area (Å²) in [6.07, 6.45) is 4.51. The second-order valence-corrected chi connectivity index (χ2v) is 10.4. The summed E-state index contributed by atoms with van der Waals surface area (Å²) in [7, 11) is 0. The van der Waals surface area contributed by atoms with Gasteiger partial charge in [-0.3, -0.25) is 14.0 Å². The van der Waals surface area contributed by atoms with Gasteiger partial charge in [0.05, 0.1) is 17.8 Å². The first-order valence-electron chi connectivity index (χ1n) is 13.8. The van der Waals surface area contributed by atoms with Gasteiger partial charge in [0.25, 0.3) is 5.91 Å². The highest BCUT2D eigenvalue weighted by molar-refractivity contribution is 5.96. The van der Waals surface area contributed by atoms with Gasteiger partial charge in [-0.05, 0) is 42.8 Å². The van der Waals surface area contributed by atoms with Gasteiger partial charge in [0, 0.05) is 68.5 Å². The van der Waals surface area contributed by atoms with Crippen molar-refractivity contribution in [3.05, 3.63) is 71.7 Å². The Morgan fingerprint density at radius 2 is 1.86 bits per heavy atom. The van der Waals surface area contributed by atoms with E-state index in [2.05, 4.69) is 20.6 Å². The predicted molar refractivity (Wildman–Crippen MR) is 153 cm³/mol. The van der Waals surface area contributed by atoms with E-state index in [0.717, 1.165) is 18.7 Å². The first kappa shape index (κ1) is 28.0. The highest BCUT2D eigenvalue weighted by Crippen LogP contribution is 2.32. The molecule has 6 rings (SSSR count). The van der Waals surface area contributed by atoms with Gasteiger partial charge in [-0.15, -0.1) is 0 Å². The summed E-state index contributed by atoms with van der Waals surface area (Å²) in [5, 5.41) is 15.0. The number of hydrogen-bond acceptors (Lipinski definition) is 8. The van der Waals surface area contributed by atoms with Crippen molar-refractivity contribution in [1.82, 2.24) is 29.5 Å². The number of halogens is 2. The molecule has 2 aromatic carbocycles. The summed E-state index contributed by atoms with van der Waals surface area (Å²) in [6.45, 7) is 4.90. The number of piperazine rings is 1. The summed E-state index contributed by atoms with van der Waals surface area (Å²) in [5.41, 5.74) is 2.65. The van der Waals surface area contributed by atoms with E-state index < -0.39 is 18.2 Å². The minimum absolute atomic E-state index is 0.0320. The van der Waals surface area contributed by atoms with Gasteiger partial charge in [0.2, 0.25) is 11.7 Å². The zero-order valence-electron chi connectivity index (χ0n) is 23.3. The van der Waals surface area contributed by atoms with Crippen LogP contribution in [0.25, 0.3) is 16.9 Å². The van der Waals surface area contributed by atoms with E-state index in [1.165, 1.54) is 24.5 Å². The molecule has 220 valence electrons. The van der Waals surface area contributed by atoms with Crippen LogP contribution in [0, 0.1) is 35.8 Å². The molecule has 11 nitrogen and oxygen atoms in total. The Hall–Kier alpha value is -5.09. The first-order chi connectivity index (χ1) is 20.9. The number of anilines is 2. The number of ether oxygens (including phenoxy) is 1. The molecule has 0 aliphatic carbocycles. The van der Waals surface area contributed by atoms with E-state index in [0.29, 0.717) is 54.6 Å². The molecule has 0 bridgehead atoms. The van der Waals surface area contributed by atoms with Crippen molar-refractivity contribution >= 4 is 29.0 Å². The second-order valence-electron chi connectivity index (χ2n) is 10.4. The van der Waals surface area contributed by atoms with E-state index in [-0.39, 0.29) is 29.0 Å². The van der Waals surface area contributed by atoms with Crippen molar-refractivity contribution in [1.29, 1.82) is 5.26 Å². The number of fused-ring (bicyclic) bond motifs is 1. The van der Waals surface area contributed by atoms with E-state index >= 15 is 0 Å². The largest absolute Gasteiger partial charge is 0.476 e. The highest BCUT2D eigenvalue weighted by Gasteiger charge is 2.32. The van der Waals surface area contributed by atoms with Gasteiger partial charge < -0.3 is 25.2 Å². The van der Waals surface area contributed by atoms with Gasteiger partial charge in [-0.2, -0.15) is 9.65 Å². The van der Waals surface area contributed by atoms with Crippen LogP contribution in [0.15, 0.2) is 48.9 Å². The van der Waals surface area contributed by atoms with Crippen molar-refractivity contribution in [2.45, 2.75) is 6.92 Å². The molecule has 2 aliphatic heterocycles. The fourth-order valence-electron chi connectivity index (χ4n) is 5.30. The average molecular weight is 587 g/mol. The van der Waals surface area contributed by atoms with Gasteiger partial charge in [0.1, 0.15) is 6.07 Å². The molecule has 2 N–H and O–H groups in total. The van der Waals surface area contributed by atoms with Crippen molar-refractivity contribution in [2.75, 3.05) is 51.2 Å². The lowest BCUT2D eigenvalue weighted by Gasteiger charge is -2.38. The topological polar surface area (TPSA) is 128 Å². The molecule has 43 heavy (non-hydrogen) atoms. The van der Waals surface area contributed by atoms with E-state index in [1.54, 1.807) is 33.7 Å². The Balaban J connectivity index is 1.17. The molecular weight excluding hydrogens is 558 g/mol. The number of carbonyl (C=O) groups excluding carboxylic acids is 2. The number of hydrogen-bond donors (Lipinski definition) is 2. The number of nitrogens with zero attached hydrogens (tertiary/aromatic N) is 6. The number of nitriles is 1. The van der Waals surface area contributed by atoms with Crippen LogP contribution in [-0.2, 0) is 4.79 Å². The van der Waals surface area contributed by atoms with Gasteiger partial charge in [-0.1, -0.05) is 0 Å². The lowest BCUT2D eigenvalue weighted by Crippen LogP contribution is -2.57. The number of carbonyl (C=O) groups is 2. The summed E-state index contributed by atoms with van der Waals surface area (Å²) in [6, 6.07) is 9.71. The average Bonchev–Trinajstić information content (AvgIpc) is 3.42. The molecule has 4 aromatic rings. The third kappa shape index (κ3) is 5.32. The first-order valence-corrected chi connectivity index (χ1v) is 13.8. The molecule has 0 spiro atoms. The van der Waals surface area contributed by atoms with Crippen LogP contribution in [0.2, 0.25) is 0 Å². The maximum absolute atomic E-state index is 15.0. The summed E-state index contributed by atoms with van der Waals surface area (Å²) in [4.78, 5) is 38.2. The molecule has 2 fully saturated rings. The quantitative estimate of drug-likeness (QED) is 0.338. The molecule has 13 heteroatoms. The van der Waals surface area contributed by atoms with E-state index in [1.807, 2.05) is 17.9 Å². The fraction of sp³-hybridized carbons (Fsp3) is 0.300. The van der Waals surface area contributed by atoms with Crippen LogP contribution < -0.4 is 15.4 Å². The van der Waals surface area contributed by atoms with Crippen molar-refractivity contribution in [3.8, 4) is 23.1 Å². The number of benzene rings is 2. The van der Waals surface area contributed by atoms with Gasteiger partial charge in [-0.25, -0.2) is 14.4 Å². The van der Waals surface area contributed by atoms with Gasteiger partial charge >= 0.3 is 0 Å². The Bertz CT molecular complexity index is 1760. The normalized spacial score (nSPS) is 15.2. The maximum atomic E-state index is 15.0. The number of amides is 2. The molecular formula is C30H28F2N8O3. The van der Waals surface area contributed by atoms with Crippen LogP contribution >= 0.6 is 0 Å². The Kier molecular flexibility index (Phi) is 7.60. The molecule has 0 atom stereocenters. The smallest absolute Gasteiger partial charge is 0.254 e. The van der Waals surface area contributed by atoms with E-state index in [9.17, 15) is 18.4 Å². The molecule has 2 aliphatic rings. The lowest BCUT2D eigenvalue weighted by atomic mass is 10.0. The summed E-state index contributed by atoms with van der Waals surface area (Å²) < 4.78 is 36.1. The van der Waals surface area contributed by atoms with Crippen molar-refractivity contribution in [3.63, 3.8) is 0 Å². The number of aromatic nitrogens is 3. The minimum Gasteiger partial charge on any atom is -0.476 e. The molecule has 2 amide bonds. The second kappa shape index (κ2) is 11.7. The van der Waals surface area contributed by atoms with Crippen LogP contribution in [0.4, 0.5) is 20.3 Å². The van der Waals surface area contributed by atoms with Gasteiger partial charge in [0.15, 0.2) is 29.6 Å². The van der Waals surface area contributed by atoms with Crippen LogP contribution in [0.1, 0.15) is 15.9 Å². The van der Waals surface area contributed by atoms with E-state index in [4.69, 9.17) is 10.00 Å². The van der Waals surface area contributed by atoms with Crippen LogP contribution in [-0.4, -0.2) is 81.9 Å². The Labute approximate surface area is 245 Å². The summed E-state index contributed by atoms with van der Waals surface area (Å²) in [5.74, 6) is -2.17. The summed E-state index contributed by atoms with van der Waals surface area (Å²) >= 11 is 0. The number of aryl methyl sites for hydroxylation is 1. The molecule has 2 saturated heterocycles. The highest BCUT2D eigenvalue weighted by atomic mass is 19.2. The van der Waals surface area contributed by atoms with Crippen LogP contribution in [0.3, 0.4) is 0 Å². The lowest BCUT2D eigenvalue weighted by molar-refractivity contribution is -0.138. The molecule has 2 aromatic heterocycles. The minimum atomic E-state index is -1.19. The van der Waals surface area contributed by atoms with Crippen molar-refractivity contribution in [2.24, 2.45) is 5.92 Å². The molecule has 0 unspecified atom stereocenters. The predicted octanol–water partition coefficient (Wildman–Crippen LogP) is 3.13. The Morgan fingerprint density at radius 1 is 1.09 bits per heavy atom. The Morgan fingerprint density at radius 3 is 2.56 bits per heavy atom. The maximum Gasteiger partial charge on any atom is 0.254 e. The third-order valence-corrected chi connectivity index (χ3v) is 7.77. The monoisotopic (exact) mass is 586 g/mol. The third-order valence-electron chi connectivity index (χ3n) is 7.77. The van der Waals surface area contributed by atoms with Crippen LogP contribution in [0.5, 0.6) is 5.75 Å². The molecule has 4 heterocycles. The SMILES string of the molecule is Cc1cc(Nc2nccn3c(-c4ccc(OCC#N)c(F)c4F)cnc23)ccc1C(=O)N1CCN(C(=O)C2CNC2)CC1. The standard InChI is InChI=1S/C30H28F2N8O3/c1-18-14-20(2-3-21(18)30(42)39-11-9-38(10-12-39)29(41)19-15-34-16-19)37-27-28-36-17-23(40(28)8-7-35-27)22-4-5-24(43-13-6-33)26(32)25(22)31/h2-5,7-8,14,17,19,34H,9-13,15-16H2,1H3,(H,35,37). The number of nitrogens with one attached hydrogen (secondary N) is 2. The molecule has 0 saturated carbocycles. The zero-order chi connectivity index (χ0) is 30.1.